The summed E-state index contributed by atoms with van der Waals surface area (Å²) in [6.07, 6.45) is 2.31. The van der Waals surface area contributed by atoms with Gasteiger partial charge in [0.1, 0.15) is 11.6 Å². The third-order valence-corrected chi connectivity index (χ3v) is 4.45. The van der Waals surface area contributed by atoms with Crippen molar-refractivity contribution in [2.24, 2.45) is 0 Å². The van der Waals surface area contributed by atoms with Gasteiger partial charge in [0.15, 0.2) is 0 Å². The minimum absolute atomic E-state index is 0.386. The Morgan fingerprint density at radius 1 is 1.04 bits per heavy atom. The Kier molecular flexibility index (Phi) is 7.67. The standard InChI is InChI=1S/C20H30N4O/c1-5-24(6-2)15-7-8-16(3)21-20-14-13-19(22-23-20)17-9-11-18(25-4)12-10-17/h9-14,16H,5-8,15H2,1-4H3,(H,21,23). The second-order valence-corrected chi connectivity index (χ2v) is 6.25. The molecule has 0 spiro atoms. The molecule has 1 aromatic heterocycles. The van der Waals surface area contributed by atoms with Crippen LogP contribution in [0, 0.1) is 0 Å². The van der Waals surface area contributed by atoms with Gasteiger partial charge < -0.3 is 15.0 Å². The molecule has 0 radical (unpaired) electrons. The van der Waals surface area contributed by atoms with Crippen molar-refractivity contribution in [3.63, 3.8) is 0 Å². The largest absolute Gasteiger partial charge is 0.497 e. The first kappa shape index (κ1) is 19.2. The summed E-state index contributed by atoms with van der Waals surface area (Å²) >= 11 is 0. The summed E-state index contributed by atoms with van der Waals surface area (Å²) in [7, 11) is 1.67. The van der Waals surface area contributed by atoms with Crippen LogP contribution in [0.1, 0.15) is 33.6 Å². The van der Waals surface area contributed by atoms with E-state index in [1.165, 1.54) is 6.42 Å². The topological polar surface area (TPSA) is 50.3 Å². The van der Waals surface area contributed by atoms with Gasteiger partial charge in [-0.15, -0.1) is 10.2 Å². The second-order valence-electron chi connectivity index (χ2n) is 6.25. The molecule has 1 heterocycles. The van der Waals surface area contributed by atoms with E-state index in [1.807, 2.05) is 36.4 Å². The molecule has 136 valence electrons. The van der Waals surface area contributed by atoms with E-state index in [-0.39, 0.29) is 0 Å². The van der Waals surface area contributed by atoms with Gasteiger partial charge in [0.25, 0.3) is 0 Å². The van der Waals surface area contributed by atoms with Crippen LogP contribution in [0.4, 0.5) is 5.82 Å². The molecule has 0 aliphatic rings. The van der Waals surface area contributed by atoms with Crippen LogP contribution in [0.2, 0.25) is 0 Å². The van der Waals surface area contributed by atoms with Crippen molar-refractivity contribution in [3.8, 4) is 17.0 Å². The van der Waals surface area contributed by atoms with Crippen LogP contribution in [0.5, 0.6) is 5.75 Å². The summed E-state index contributed by atoms with van der Waals surface area (Å²) in [5, 5.41) is 12.1. The molecule has 1 atom stereocenters. The Balaban J connectivity index is 1.84. The van der Waals surface area contributed by atoms with Crippen LogP contribution < -0.4 is 10.1 Å². The van der Waals surface area contributed by atoms with E-state index in [9.17, 15) is 0 Å². The molecule has 0 fully saturated rings. The fourth-order valence-electron chi connectivity index (χ4n) is 2.81. The Morgan fingerprint density at radius 2 is 1.76 bits per heavy atom. The predicted octanol–water partition coefficient (Wildman–Crippen LogP) is 4.07. The number of hydrogen-bond donors (Lipinski definition) is 1. The Hall–Kier alpha value is -2.14. The van der Waals surface area contributed by atoms with Gasteiger partial charge in [-0.2, -0.15) is 0 Å². The maximum Gasteiger partial charge on any atom is 0.148 e. The Labute approximate surface area is 151 Å². The van der Waals surface area contributed by atoms with Gasteiger partial charge in [0.05, 0.1) is 12.8 Å². The average Bonchev–Trinajstić information content (AvgIpc) is 2.66. The zero-order valence-electron chi connectivity index (χ0n) is 15.8. The third-order valence-electron chi connectivity index (χ3n) is 4.45. The molecule has 0 aliphatic heterocycles. The van der Waals surface area contributed by atoms with Crippen LogP contribution in [0.3, 0.4) is 0 Å². The fraction of sp³-hybridized carbons (Fsp3) is 0.500. The lowest BCUT2D eigenvalue weighted by atomic mass is 10.1. The molecule has 2 rings (SSSR count). The summed E-state index contributed by atoms with van der Waals surface area (Å²) in [5.41, 5.74) is 1.90. The summed E-state index contributed by atoms with van der Waals surface area (Å²) in [6, 6.07) is 12.2. The summed E-state index contributed by atoms with van der Waals surface area (Å²) in [6.45, 7) is 10.0. The number of rotatable bonds is 10. The first-order valence-electron chi connectivity index (χ1n) is 9.13. The van der Waals surface area contributed by atoms with Crippen molar-refractivity contribution in [2.45, 2.75) is 39.7 Å². The van der Waals surface area contributed by atoms with Gasteiger partial charge >= 0.3 is 0 Å². The molecule has 0 saturated carbocycles. The summed E-state index contributed by atoms with van der Waals surface area (Å²) in [5.74, 6) is 1.67. The molecule has 0 saturated heterocycles. The first-order valence-corrected chi connectivity index (χ1v) is 9.13. The van der Waals surface area contributed by atoms with Crippen LogP contribution in [-0.2, 0) is 0 Å². The third kappa shape index (κ3) is 6.02. The smallest absolute Gasteiger partial charge is 0.148 e. The van der Waals surface area contributed by atoms with E-state index < -0.39 is 0 Å². The van der Waals surface area contributed by atoms with Gasteiger partial charge in [-0.25, -0.2) is 0 Å². The molecule has 5 nitrogen and oxygen atoms in total. The molecule has 5 heteroatoms. The zero-order chi connectivity index (χ0) is 18.1. The molecule has 0 amide bonds. The highest BCUT2D eigenvalue weighted by atomic mass is 16.5. The van der Waals surface area contributed by atoms with E-state index in [0.29, 0.717) is 6.04 Å². The quantitative estimate of drug-likeness (QED) is 0.705. The van der Waals surface area contributed by atoms with Gasteiger partial charge in [-0.05, 0) is 75.8 Å². The lowest BCUT2D eigenvalue weighted by Crippen LogP contribution is -2.25. The number of nitrogens with one attached hydrogen (secondary N) is 1. The van der Waals surface area contributed by atoms with E-state index >= 15 is 0 Å². The number of aromatic nitrogens is 2. The normalized spacial score (nSPS) is 12.2. The maximum absolute atomic E-state index is 5.18. The molecule has 1 N–H and O–H groups in total. The molecular formula is C20H30N4O. The minimum atomic E-state index is 0.386. The highest BCUT2D eigenvalue weighted by molar-refractivity contribution is 5.60. The van der Waals surface area contributed by atoms with Gasteiger partial charge in [-0.3, -0.25) is 0 Å². The van der Waals surface area contributed by atoms with Crippen LogP contribution in [0.15, 0.2) is 36.4 Å². The average molecular weight is 342 g/mol. The Morgan fingerprint density at radius 3 is 2.32 bits per heavy atom. The van der Waals surface area contributed by atoms with Crippen molar-refractivity contribution in [2.75, 3.05) is 32.1 Å². The lowest BCUT2D eigenvalue weighted by molar-refractivity contribution is 0.295. The lowest BCUT2D eigenvalue weighted by Gasteiger charge is -2.19. The number of nitrogens with zero attached hydrogens (tertiary/aromatic N) is 3. The van der Waals surface area contributed by atoms with Gasteiger partial charge in [0.2, 0.25) is 0 Å². The number of anilines is 1. The monoisotopic (exact) mass is 342 g/mol. The summed E-state index contributed by atoms with van der Waals surface area (Å²) < 4.78 is 5.18. The number of benzene rings is 1. The first-order chi connectivity index (χ1) is 12.2. The summed E-state index contributed by atoms with van der Waals surface area (Å²) in [4.78, 5) is 2.45. The van der Waals surface area contributed by atoms with E-state index in [4.69, 9.17) is 4.74 Å². The highest BCUT2D eigenvalue weighted by Gasteiger charge is 2.06. The van der Waals surface area contributed by atoms with E-state index in [1.54, 1.807) is 7.11 Å². The molecule has 1 aromatic carbocycles. The highest BCUT2D eigenvalue weighted by Crippen LogP contribution is 2.20. The van der Waals surface area contributed by atoms with Crippen molar-refractivity contribution in [3.05, 3.63) is 36.4 Å². The van der Waals surface area contributed by atoms with E-state index in [2.05, 4.69) is 41.2 Å². The molecule has 2 aromatic rings. The van der Waals surface area contributed by atoms with Crippen molar-refractivity contribution >= 4 is 5.82 Å². The van der Waals surface area contributed by atoms with Crippen molar-refractivity contribution < 1.29 is 4.74 Å². The maximum atomic E-state index is 5.18. The van der Waals surface area contributed by atoms with Crippen LogP contribution in [0.25, 0.3) is 11.3 Å². The zero-order valence-corrected chi connectivity index (χ0v) is 15.8. The van der Waals surface area contributed by atoms with Gasteiger partial charge in [-0.1, -0.05) is 13.8 Å². The Bertz CT molecular complexity index is 609. The SMILES string of the molecule is CCN(CC)CCCC(C)Nc1ccc(-c2ccc(OC)cc2)nn1. The fourth-order valence-corrected chi connectivity index (χ4v) is 2.81. The van der Waals surface area contributed by atoms with Crippen LogP contribution >= 0.6 is 0 Å². The molecule has 25 heavy (non-hydrogen) atoms. The predicted molar refractivity (Wildman–Crippen MR) is 104 cm³/mol. The minimum Gasteiger partial charge on any atom is -0.497 e. The number of hydrogen-bond acceptors (Lipinski definition) is 5. The van der Waals surface area contributed by atoms with Gasteiger partial charge in [0, 0.05) is 11.6 Å². The van der Waals surface area contributed by atoms with Crippen molar-refractivity contribution in [1.29, 1.82) is 0 Å². The number of ether oxygens (including phenoxy) is 1. The van der Waals surface area contributed by atoms with Crippen LogP contribution in [-0.4, -0.2) is 47.9 Å². The molecule has 0 bridgehead atoms. The molecule has 0 aliphatic carbocycles. The number of methoxy groups -OCH3 is 1. The second kappa shape index (κ2) is 9.99. The van der Waals surface area contributed by atoms with Crippen molar-refractivity contribution in [1.82, 2.24) is 15.1 Å². The van der Waals surface area contributed by atoms with E-state index in [0.717, 1.165) is 48.9 Å². The molecular weight excluding hydrogens is 312 g/mol. The molecule has 1 unspecified atom stereocenters.